The van der Waals surface area contributed by atoms with E-state index in [9.17, 15) is 0 Å². The van der Waals surface area contributed by atoms with Crippen molar-refractivity contribution in [2.75, 3.05) is 21.3 Å². The van der Waals surface area contributed by atoms with Crippen molar-refractivity contribution >= 4 is 0 Å². The molecule has 0 aliphatic heterocycles. The number of methoxy groups -OCH3 is 3. The van der Waals surface area contributed by atoms with Crippen LogP contribution in [0.15, 0.2) is 12.3 Å². The molecule has 0 bridgehead atoms. The molecule has 3 nitrogen and oxygen atoms in total. The van der Waals surface area contributed by atoms with Gasteiger partial charge in [0, 0.05) is 20.3 Å². The van der Waals surface area contributed by atoms with Gasteiger partial charge in [-0.05, 0) is 0 Å². The summed E-state index contributed by atoms with van der Waals surface area (Å²) in [5.74, 6) is 0. The SMILES string of the molecule is COC=CC(OC)OC. The summed E-state index contributed by atoms with van der Waals surface area (Å²) < 4.78 is 14.3. The minimum atomic E-state index is -0.301. The van der Waals surface area contributed by atoms with Crippen molar-refractivity contribution in [3.05, 3.63) is 12.3 Å². The van der Waals surface area contributed by atoms with Crippen molar-refractivity contribution in [1.82, 2.24) is 0 Å². The molecule has 0 aromatic heterocycles. The first-order chi connectivity index (χ1) is 4.35. The van der Waals surface area contributed by atoms with Crippen LogP contribution < -0.4 is 0 Å². The Morgan fingerprint density at radius 3 is 2.00 bits per heavy atom. The molecule has 3 heteroatoms. The summed E-state index contributed by atoms with van der Waals surface area (Å²) in [4.78, 5) is 0. The molecule has 0 rings (SSSR count). The Bertz CT molecular complexity index is 76.4. The number of hydrogen-bond donors (Lipinski definition) is 0. The summed E-state index contributed by atoms with van der Waals surface area (Å²) in [5.41, 5.74) is 0. The van der Waals surface area contributed by atoms with Gasteiger partial charge in [-0.1, -0.05) is 0 Å². The Morgan fingerprint density at radius 2 is 1.67 bits per heavy atom. The molecule has 0 atom stereocenters. The second kappa shape index (κ2) is 5.59. The zero-order chi connectivity index (χ0) is 7.11. The van der Waals surface area contributed by atoms with Gasteiger partial charge in [-0.15, -0.1) is 0 Å². The molecule has 0 fully saturated rings. The number of hydrogen-bond acceptors (Lipinski definition) is 3. The van der Waals surface area contributed by atoms with E-state index >= 15 is 0 Å². The molecule has 0 spiro atoms. The Morgan fingerprint density at radius 1 is 1.11 bits per heavy atom. The fourth-order valence-electron chi connectivity index (χ4n) is 0.396. The first kappa shape index (κ1) is 8.46. The smallest absolute Gasteiger partial charge is 0.179 e. The summed E-state index contributed by atoms with van der Waals surface area (Å²) in [6, 6.07) is 0. The Labute approximate surface area is 55.2 Å². The van der Waals surface area contributed by atoms with Gasteiger partial charge in [-0.25, -0.2) is 0 Å². The fraction of sp³-hybridized carbons (Fsp3) is 0.667. The topological polar surface area (TPSA) is 27.7 Å². The summed E-state index contributed by atoms with van der Waals surface area (Å²) >= 11 is 0. The van der Waals surface area contributed by atoms with Crippen LogP contribution in [0.2, 0.25) is 0 Å². The van der Waals surface area contributed by atoms with Crippen LogP contribution in [0.3, 0.4) is 0 Å². The summed E-state index contributed by atoms with van der Waals surface area (Å²) in [5, 5.41) is 0. The molecule has 0 unspecified atom stereocenters. The van der Waals surface area contributed by atoms with Crippen LogP contribution in [0.25, 0.3) is 0 Å². The van der Waals surface area contributed by atoms with Crippen LogP contribution in [0.5, 0.6) is 0 Å². The lowest BCUT2D eigenvalue weighted by Crippen LogP contribution is -2.08. The maximum absolute atomic E-state index is 4.81. The average molecular weight is 132 g/mol. The average Bonchev–Trinajstić information content (AvgIpc) is 1.91. The Balaban J connectivity index is 3.41. The minimum absolute atomic E-state index is 0.301. The van der Waals surface area contributed by atoms with Gasteiger partial charge >= 0.3 is 0 Å². The van der Waals surface area contributed by atoms with E-state index in [0.717, 1.165) is 0 Å². The first-order valence-corrected chi connectivity index (χ1v) is 2.60. The van der Waals surface area contributed by atoms with Crippen LogP contribution >= 0.6 is 0 Å². The largest absolute Gasteiger partial charge is 0.505 e. The molecule has 54 valence electrons. The summed E-state index contributed by atoms with van der Waals surface area (Å²) in [6.45, 7) is 0. The predicted octanol–water partition coefficient (Wildman–Crippen LogP) is 0.765. The van der Waals surface area contributed by atoms with E-state index in [1.165, 1.54) is 6.26 Å². The van der Waals surface area contributed by atoms with Crippen molar-refractivity contribution in [2.24, 2.45) is 0 Å². The highest BCUT2D eigenvalue weighted by Crippen LogP contribution is 1.91. The van der Waals surface area contributed by atoms with Crippen LogP contribution in [0.4, 0.5) is 0 Å². The molecule has 9 heavy (non-hydrogen) atoms. The van der Waals surface area contributed by atoms with E-state index in [-0.39, 0.29) is 6.29 Å². The molecule has 0 aromatic carbocycles. The third-order valence-electron chi connectivity index (χ3n) is 0.836. The Hall–Kier alpha value is -0.540. The first-order valence-electron chi connectivity index (χ1n) is 2.60. The maximum atomic E-state index is 4.81. The van der Waals surface area contributed by atoms with E-state index in [4.69, 9.17) is 9.47 Å². The third-order valence-corrected chi connectivity index (χ3v) is 0.836. The van der Waals surface area contributed by atoms with Gasteiger partial charge in [-0.2, -0.15) is 0 Å². The van der Waals surface area contributed by atoms with Gasteiger partial charge in [-0.3, -0.25) is 0 Å². The molecule has 0 radical (unpaired) electrons. The summed E-state index contributed by atoms with van der Waals surface area (Å²) in [7, 11) is 4.70. The van der Waals surface area contributed by atoms with E-state index in [0.29, 0.717) is 0 Å². The van der Waals surface area contributed by atoms with E-state index in [1.54, 1.807) is 27.4 Å². The fourth-order valence-corrected chi connectivity index (χ4v) is 0.396. The van der Waals surface area contributed by atoms with Crippen LogP contribution in [0.1, 0.15) is 0 Å². The molecule has 0 aliphatic rings. The number of ether oxygens (including phenoxy) is 3. The molecule has 0 aromatic rings. The zero-order valence-corrected chi connectivity index (χ0v) is 5.96. The van der Waals surface area contributed by atoms with Crippen LogP contribution in [-0.2, 0) is 14.2 Å². The second-order valence-corrected chi connectivity index (χ2v) is 1.40. The number of rotatable bonds is 4. The van der Waals surface area contributed by atoms with Gasteiger partial charge < -0.3 is 14.2 Å². The molecular formula is C6H12O3. The van der Waals surface area contributed by atoms with Gasteiger partial charge in [0.15, 0.2) is 6.29 Å². The normalized spacial score (nSPS) is 11.1. The van der Waals surface area contributed by atoms with Crippen LogP contribution in [0, 0.1) is 0 Å². The summed E-state index contributed by atoms with van der Waals surface area (Å²) in [6.07, 6.45) is 2.88. The predicted molar refractivity (Wildman–Crippen MR) is 34.0 cm³/mol. The highest BCUT2D eigenvalue weighted by molar-refractivity contribution is 4.76. The molecule has 0 amide bonds. The minimum Gasteiger partial charge on any atom is -0.505 e. The van der Waals surface area contributed by atoms with E-state index in [1.807, 2.05) is 0 Å². The molecule has 0 N–H and O–H groups in total. The molecule has 0 heterocycles. The zero-order valence-electron chi connectivity index (χ0n) is 5.96. The lowest BCUT2D eigenvalue weighted by Gasteiger charge is -2.06. The molecule has 0 saturated heterocycles. The Kier molecular flexibility index (Phi) is 5.26. The molecule has 0 aliphatic carbocycles. The molecular weight excluding hydrogens is 120 g/mol. The lowest BCUT2D eigenvalue weighted by molar-refractivity contribution is -0.0677. The van der Waals surface area contributed by atoms with Gasteiger partial charge in [0.05, 0.1) is 13.4 Å². The third kappa shape index (κ3) is 4.00. The van der Waals surface area contributed by atoms with Crippen molar-refractivity contribution < 1.29 is 14.2 Å². The van der Waals surface area contributed by atoms with Crippen molar-refractivity contribution in [3.63, 3.8) is 0 Å². The van der Waals surface area contributed by atoms with Crippen LogP contribution in [-0.4, -0.2) is 27.6 Å². The highest BCUT2D eigenvalue weighted by Gasteiger charge is 1.95. The van der Waals surface area contributed by atoms with Gasteiger partial charge in [0.2, 0.25) is 0 Å². The monoisotopic (exact) mass is 132 g/mol. The highest BCUT2D eigenvalue weighted by atomic mass is 16.7. The van der Waals surface area contributed by atoms with E-state index in [2.05, 4.69) is 4.74 Å². The van der Waals surface area contributed by atoms with Crippen molar-refractivity contribution in [1.29, 1.82) is 0 Å². The second-order valence-electron chi connectivity index (χ2n) is 1.40. The van der Waals surface area contributed by atoms with Gasteiger partial charge in [0.1, 0.15) is 0 Å². The van der Waals surface area contributed by atoms with Crippen molar-refractivity contribution in [2.45, 2.75) is 6.29 Å². The molecule has 0 saturated carbocycles. The lowest BCUT2D eigenvalue weighted by atomic mass is 10.6. The van der Waals surface area contributed by atoms with Crippen molar-refractivity contribution in [3.8, 4) is 0 Å². The van der Waals surface area contributed by atoms with E-state index < -0.39 is 0 Å². The standard InChI is InChI=1S/C6H12O3/c1-7-5-4-6(8-2)9-3/h4-6H,1-3H3. The van der Waals surface area contributed by atoms with Gasteiger partial charge in [0.25, 0.3) is 0 Å². The quantitative estimate of drug-likeness (QED) is 0.417. The maximum Gasteiger partial charge on any atom is 0.179 e.